The molecule has 1 aliphatic rings. The fourth-order valence-corrected chi connectivity index (χ4v) is 1.26. The molecular weight excluding hydrogens is 172 g/mol. The van der Waals surface area contributed by atoms with Crippen molar-refractivity contribution < 1.29 is 14.3 Å². The second-order valence-corrected chi connectivity index (χ2v) is 3.01. The molecule has 1 amide bonds. The Hall–Kier alpha value is -1.10. The Bertz CT molecular complexity index is 217. The van der Waals surface area contributed by atoms with E-state index in [0.29, 0.717) is 6.54 Å². The van der Waals surface area contributed by atoms with Crippen LogP contribution in [0.15, 0.2) is 0 Å². The smallest absolute Gasteiger partial charge is 0.325 e. The number of hydrogen-bond donors (Lipinski definition) is 1. The Kier molecular flexibility index (Phi) is 3.25. The quantitative estimate of drug-likeness (QED) is 0.561. The maximum Gasteiger partial charge on any atom is 0.325 e. The Labute approximate surface area is 77.0 Å². The number of nitrogens with zero attached hydrogens (tertiary/aromatic N) is 1. The van der Waals surface area contributed by atoms with Crippen LogP contribution in [0, 0.1) is 0 Å². The average molecular weight is 186 g/mol. The number of nitrogens with one attached hydrogen (secondary N) is 1. The topological polar surface area (TPSA) is 58.6 Å². The Balaban J connectivity index is 2.49. The van der Waals surface area contributed by atoms with Gasteiger partial charge in [-0.1, -0.05) is 0 Å². The molecule has 0 spiro atoms. The van der Waals surface area contributed by atoms with Crippen LogP contribution in [0.2, 0.25) is 0 Å². The van der Waals surface area contributed by atoms with E-state index in [0.717, 1.165) is 6.54 Å². The predicted molar refractivity (Wildman–Crippen MR) is 46.1 cm³/mol. The molecule has 0 aromatic carbocycles. The highest BCUT2D eigenvalue weighted by Gasteiger charge is 2.26. The second kappa shape index (κ2) is 4.23. The van der Waals surface area contributed by atoms with Gasteiger partial charge in [0, 0.05) is 13.1 Å². The number of amides is 1. The van der Waals surface area contributed by atoms with Gasteiger partial charge in [-0.25, -0.2) is 0 Å². The van der Waals surface area contributed by atoms with Crippen molar-refractivity contribution in [2.75, 3.05) is 26.7 Å². The predicted octanol–water partition coefficient (Wildman–Crippen LogP) is -1.02. The molecule has 74 valence electrons. The Morgan fingerprint density at radius 3 is 3.08 bits per heavy atom. The van der Waals surface area contributed by atoms with Gasteiger partial charge in [0.25, 0.3) is 0 Å². The van der Waals surface area contributed by atoms with Crippen molar-refractivity contribution in [2.24, 2.45) is 0 Å². The second-order valence-electron chi connectivity index (χ2n) is 3.01. The number of ether oxygens (including phenoxy) is 1. The molecule has 0 bridgehead atoms. The highest BCUT2D eigenvalue weighted by Crippen LogP contribution is 2.00. The van der Waals surface area contributed by atoms with Gasteiger partial charge in [-0.05, 0) is 6.92 Å². The van der Waals surface area contributed by atoms with E-state index < -0.39 is 0 Å². The summed E-state index contributed by atoms with van der Waals surface area (Å²) in [6.07, 6.45) is 0. The highest BCUT2D eigenvalue weighted by molar-refractivity contribution is 5.86. The summed E-state index contributed by atoms with van der Waals surface area (Å²) in [6, 6.07) is -0.196. The zero-order valence-electron chi connectivity index (χ0n) is 7.87. The van der Waals surface area contributed by atoms with Crippen molar-refractivity contribution in [2.45, 2.75) is 13.0 Å². The lowest BCUT2D eigenvalue weighted by Gasteiger charge is -2.30. The minimum Gasteiger partial charge on any atom is -0.468 e. The van der Waals surface area contributed by atoms with Gasteiger partial charge in [-0.2, -0.15) is 0 Å². The first-order valence-electron chi connectivity index (χ1n) is 4.24. The van der Waals surface area contributed by atoms with Gasteiger partial charge >= 0.3 is 5.97 Å². The van der Waals surface area contributed by atoms with Crippen LogP contribution >= 0.6 is 0 Å². The zero-order valence-corrected chi connectivity index (χ0v) is 7.87. The number of esters is 1. The van der Waals surface area contributed by atoms with Gasteiger partial charge in [0.15, 0.2) is 0 Å². The third-order valence-electron chi connectivity index (χ3n) is 2.06. The SMILES string of the molecule is COC(=O)CN1CCN[C@@H](C)C1=O. The maximum absolute atomic E-state index is 11.4. The first-order chi connectivity index (χ1) is 6.15. The van der Waals surface area contributed by atoms with Gasteiger partial charge in [0.1, 0.15) is 6.54 Å². The summed E-state index contributed by atoms with van der Waals surface area (Å²) in [5.74, 6) is -0.417. The monoisotopic (exact) mass is 186 g/mol. The van der Waals surface area contributed by atoms with Crippen LogP contribution in [0.25, 0.3) is 0 Å². The van der Waals surface area contributed by atoms with Crippen molar-refractivity contribution in [3.63, 3.8) is 0 Å². The first kappa shape index (κ1) is 9.98. The Morgan fingerprint density at radius 2 is 2.46 bits per heavy atom. The zero-order chi connectivity index (χ0) is 9.84. The molecule has 1 N–H and O–H groups in total. The molecule has 1 atom stereocenters. The number of carbonyl (C=O) groups is 2. The van der Waals surface area contributed by atoms with Gasteiger partial charge < -0.3 is 15.0 Å². The van der Waals surface area contributed by atoms with Crippen LogP contribution in [-0.2, 0) is 14.3 Å². The van der Waals surface area contributed by atoms with Gasteiger partial charge in [0.2, 0.25) is 5.91 Å². The molecule has 1 fully saturated rings. The number of piperazine rings is 1. The van der Waals surface area contributed by atoms with E-state index in [4.69, 9.17) is 0 Å². The normalized spacial score (nSPS) is 23.1. The largest absolute Gasteiger partial charge is 0.468 e. The van der Waals surface area contributed by atoms with Crippen molar-refractivity contribution in [3.8, 4) is 0 Å². The van der Waals surface area contributed by atoms with Crippen LogP contribution in [0.3, 0.4) is 0 Å². The summed E-state index contributed by atoms with van der Waals surface area (Å²) in [5.41, 5.74) is 0. The van der Waals surface area contributed by atoms with Gasteiger partial charge in [-0.3, -0.25) is 9.59 Å². The fourth-order valence-electron chi connectivity index (χ4n) is 1.26. The van der Waals surface area contributed by atoms with Crippen molar-refractivity contribution >= 4 is 11.9 Å². The molecule has 0 saturated carbocycles. The Morgan fingerprint density at radius 1 is 1.77 bits per heavy atom. The molecular formula is C8H14N2O3. The number of rotatable bonds is 2. The molecule has 0 aliphatic carbocycles. The van der Waals surface area contributed by atoms with Crippen LogP contribution in [0.1, 0.15) is 6.92 Å². The van der Waals surface area contributed by atoms with Crippen LogP contribution in [0.5, 0.6) is 0 Å². The van der Waals surface area contributed by atoms with E-state index in [1.807, 2.05) is 0 Å². The molecule has 1 rings (SSSR count). The highest BCUT2D eigenvalue weighted by atomic mass is 16.5. The lowest BCUT2D eigenvalue weighted by molar-refractivity contribution is -0.148. The fraction of sp³-hybridized carbons (Fsp3) is 0.750. The molecule has 0 aromatic rings. The molecule has 1 aliphatic heterocycles. The van der Waals surface area contributed by atoms with E-state index in [2.05, 4.69) is 10.1 Å². The van der Waals surface area contributed by atoms with E-state index >= 15 is 0 Å². The van der Waals surface area contributed by atoms with E-state index in [9.17, 15) is 9.59 Å². The van der Waals surface area contributed by atoms with Crippen molar-refractivity contribution in [1.82, 2.24) is 10.2 Å². The summed E-state index contributed by atoms with van der Waals surface area (Å²) < 4.78 is 4.48. The molecule has 5 heteroatoms. The first-order valence-corrected chi connectivity index (χ1v) is 4.24. The molecule has 0 unspecified atom stereocenters. The third-order valence-corrected chi connectivity index (χ3v) is 2.06. The van der Waals surface area contributed by atoms with Crippen LogP contribution in [-0.4, -0.2) is 49.6 Å². The van der Waals surface area contributed by atoms with Gasteiger partial charge in [-0.15, -0.1) is 0 Å². The molecule has 13 heavy (non-hydrogen) atoms. The standard InChI is InChI=1S/C8H14N2O3/c1-6-8(12)10(4-3-9-6)5-7(11)13-2/h6,9H,3-5H2,1-2H3/t6-/m0/s1. The summed E-state index contributed by atoms with van der Waals surface area (Å²) in [7, 11) is 1.32. The van der Waals surface area contributed by atoms with Crippen LogP contribution < -0.4 is 5.32 Å². The van der Waals surface area contributed by atoms with E-state index in [1.165, 1.54) is 12.0 Å². The lowest BCUT2D eigenvalue weighted by Crippen LogP contribution is -2.54. The minimum absolute atomic E-state index is 0.0448. The summed E-state index contributed by atoms with van der Waals surface area (Å²) in [4.78, 5) is 23.8. The van der Waals surface area contributed by atoms with Crippen molar-refractivity contribution in [1.29, 1.82) is 0 Å². The summed E-state index contributed by atoms with van der Waals surface area (Å²) >= 11 is 0. The average Bonchev–Trinajstić information content (AvgIpc) is 2.13. The third kappa shape index (κ3) is 2.42. The number of hydrogen-bond acceptors (Lipinski definition) is 4. The van der Waals surface area contributed by atoms with Crippen LogP contribution in [0.4, 0.5) is 0 Å². The van der Waals surface area contributed by atoms with Crippen molar-refractivity contribution in [3.05, 3.63) is 0 Å². The minimum atomic E-state index is -0.373. The number of methoxy groups -OCH3 is 1. The molecule has 0 aromatic heterocycles. The molecule has 0 radical (unpaired) electrons. The summed E-state index contributed by atoms with van der Waals surface area (Å²) in [5, 5.41) is 3.01. The maximum atomic E-state index is 11.4. The van der Waals surface area contributed by atoms with E-state index in [1.54, 1.807) is 6.92 Å². The molecule has 5 nitrogen and oxygen atoms in total. The van der Waals surface area contributed by atoms with Gasteiger partial charge in [0.05, 0.1) is 13.2 Å². The number of carbonyl (C=O) groups excluding carboxylic acids is 2. The van der Waals surface area contributed by atoms with E-state index in [-0.39, 0.29) is 24.5 Å². The molecule has 1 saturated heterocycles. The summed E-state index contributed by atoms with van der Waals surface area (Å²) in [6.45, 7) is 3.13. The molecule has 1 heterocycles. The lowest BCUT2D eigenvalue weighted by atomic mass is 10.2.